The lowest BCUT2D eigenvalue weighted by atomic mass is 10.0. The third-order valence-electron chi connectivity index (χ3n) is 2.82. The van der Waals surface area contributed by atoms with Gasteiger partial charge < -0.3 is 10.5 Å². The van der Waals surface area contributed by atoms with Gasteiger partial charge in [0.15, 0.2) is 0 Å². The molecule has 2 atom stereocenters. The number of ether oxygens (including phenoxy) is 1. The number of nitrogens with two attached hydrogens (primary N) is 1. The van der Waals surface area contributed by atoms with E-state index in [0.29, 0.717) is 15.8 Å². The Morgan fingerprint density at radius 3 is 2.50 bits per heavy atom. The minimum atomic E-state index is -0.302. The van der Waals surface area contributed by atoms with Crippen LogP contribution < -0.4 is 10.5 Å². The first-order chi connectivity index (χ1) is 9.49. The van der Waals surface area contributed by atoms with E-state index in [1.165, 1.54) is 0 Å². The van der Waals surface area contributed by atoms with Gasteiger partial charge in [0.25, 0.3) is 0 Å². The lowest BCUT2D eigenvalue weighted by molar-refractivity contribution is 0.180. The van der Waals surface area contributed by atoms with Gasteiger partial charge in [0.2, 0.25) is 0 Å². The van der Waals surface area contributed by atoms with Gasteiger partial charge in [-0.15, -0.1) is 0 Å². The molecular weight excluding hydrogens is 361 g/mol. The van der Waals surface area contributed by atoms with Crippen LogP contribution in [-0.4, -0.2) is 6.04 Å². The Morgan fingerprint density at radius 2 is 1.85 bits per heavy atom. The normalized spacial score (nSPS) is 13.8. The molecule has 2 rings (SSSR count). The zero-order chi connectivity index (χ0) is 14.7. The Morgan fingerprint density at radius 1 is 1.15 bits per heavy atom. The molecule has 0 heterocycles. The molecule has 0 fully saturated rings. The largest absolute Gasteiger partial charge is 0.482 e. The van der Waals surface area contributed by atoms with Crippen LogP contribution in [0.4, 0.5) is 0 Å². The van der Waals surface area contributed by atoms with Crippen LogP contribution in [0.3, 0.4) is 0 Å². The van der Waals surface area contributed by atoms with Crippen molar-refractivity contribution in [1.29, 1.82) is 0 Å². The quantitative estimate of drug-likeness (QED) is 0.795. The van der Waals surface area contributed by atoms with Gasteiger partial charge in [-0.1, -0.05) is 57.3 Å². The molecule has 0 saturated heterocycles. The predicted octanol–water partition coefficient (Wildman–Crippen LogP) is 5.22. The Kier molecular flexibility index (Phi) is 5.33. The highest BCUT2D eigenvalue weighted by Gasteiger charge is 2.20. The zero-order valence-electron chi connectivity index (χ0n) is 10.8. The maximum absolute atomic E-state index is 6.15. The number of rotatable bonds is 4. The van der Waals surface area contributed by atoms with Crippen molar-refractivity contribution in [3.8, 4) is 5.75 Å². The summed E-state index contributed by atoms with van der Waals surface area (Å²) >= 11 is 15.6. The second kappa shape index (κ2) is 6.81. The fraction of sp³-hybridized carbons (Fsp3) is 0.200. The van der Waals surface area contributed by atoms with E-state index in [0.717, 1.165) is 10.0 Å². The van der Waals surface area contributed by atoms with Crippen molar-refractivity contribution in [2.45, 2.75) is 19.1 Å². The summed E-state index contributed by atoms with van der Waals surface area (Å²) in [5.74, 6) is 0.529. The number of halogens is 3. The minimum Gasteiger partial charge on any atom is -0.482 e. The molecule has 2 aromatic carbocycles. The molecule has 5 heteroatoms. The Balaban J connectivity index is 2.33. The molecule has 0 saturated carbocycles. The molecule has 2 unspecified atom stereocenters. The second-order valence-corrected chi connectivity index (χ2v) is 6.21. The summed E-state index contributed by atoms with van der Waals surface area (Å²) in [6, 6.07) is 12.9. The summed E-state index contributed by atoms with van der Waals surface area (Å²) in [4.78, 5) is 0. The fourth-order valence-corrected chi connectivity index (χ4v) is 2.63. The first kappa shape index (κ1) is 15.6. The third kappa shape index (κ3) is 3.67. The molecule has 0 aliphatic carbocycles. The van der Waals surface area contributed by atoms with E-state index in [1.807, 2.05) is 31.2 Å². The van der Waals surface area contributed by atoms with Crippen molar-refractivity contribution in [3.63, 3.8) is 0 Å². The Bertz CT molecular complexity index is 604. The maximum atomic E-state index is 6.15. The summed E-state index contributed by atoms with van der Waals surface area (Å²) in [7, 11) is 0. The van der Waals surface area contributed by atoms with Gasteiger partial charge in [-0.05, 0) is 36.8 Å². The van der Waals surface area contributed by atoms with E-state index in [4.69, 9.17) is 33.7 Å². The van der Waals surface area contributed by atoms with Gasteiger partial charge in [0.05, 0.1) is 5.02 Å². The average molecular weight is 375 g/mol. The van der Waals surface area contributed by atoms with Crippen LogP contribution in [0, 0.1) is 0 Å². The van der Waals surface area contributed by atoms with Gasteiger partial charge >= 0.3 is 0 Å². The van der Waals surface area contributed by atoms with Gasteiger partial charge in [0, 0.05) is 10.5 Å². The molecule has 0 aliphatic rings. The number of benzene rings is 2. The summed E-state index contributed by atoms with van der Waals surface area (Å²) in [6.45, 7) is 1.89. The summed E-state index contributed by atoms with van der Waals surface area (Å²) in [6.07, 6.45) is -0.302. The molecule has 106 valence electrons. The maximum Gasteiger partial charge on any atom is 0.140 e. The predicted molar refractivity (Wildman–Crippen MR) is 87.6 cm³/mol. The molecule has 0 aliphatic heterocycles. The van der Waals surface area contributed by atoms with Crippen LogP contribution in [0.15, 0.2) is 46.9 Å². The van der Waals surface area contributed by atoms with Crippen LogP contribution in [0.25, 0.3) is 0 Å². The topological polar surface area (TPSA) is 35.2 Å². The first-order valence-corrected chi connectivity index (χ1v) is 7.65. The zero-order valence-corrected chi connectivity index (χ0v) is 13.9. The highest BCUT2D eigenvalue weighted by molar-refractivity contribution is 9.10. The first-order valence-electron chi connectivity index (χ1n) is 6.10. The van der Waals surface area contributed by atoms with Crippen molar-refractivity contribution in [1.82, 2.24) is 0 Å². The minimum absolute atomic E-state index is 0.195. The monoisotopic (exact) mass is 373 g/mol. The molecule has 20 heavy (non-hydrogen) atoms. The van der Waals surface area contributed by atoms with E-state index >= 15 is 0 Å². The van der Waals surface area contributed by atoms with Gasteiger partial charge in [-0.25, -0.2) is 0 Å². The smallest absolute Gasteiger partial charge is 0.140 e. The van der Waals surface area contributed by atoms with Crippen LogP contribution in [0.5, 0.6) is 5.75 Å². The van der Waals surface area contributed by atoms with Crippen LogP contribution in [0.1, 0.15) is 18.6 Å². The van der Waals surface area contributed by atoms with Crippen LogP contribution in [0.2, 0.25) is 10.0 Å². The van der Waals surface area contributed by atoms with Crippen molar-refractivity contribution in [2.24, 2.45) is 5.73 Å². The SMILES string of the molecule is CC(N)C(Oc1cccc(Cl)c1Cl)c1cccc(Br)c1. The fourth-order valence-electron chi connectivity index (χ4n) is 1.87. The highest BCUT2D eigenvalue weighted by atomic mass is 79.9. The van der Waals surface area contributed by atoms with E-state index in [1.54, 1.807) is 18.2 Å². The third-order valence-corrected chi connectivity index (χ3v) is 4.12. The molecule has 0 spiro atoms. The van der Waals surface area contributed by atoms with Gasteiger partial charge in [0.1, 0.15) is 16.9 Å². The van der Waals surface area contributed by atoms with E-state index < -0.39 is 0 Å². The second-order valence-electron chi connectivity index (χ2n) is 4.50. The van der Waals surface area contributed by atoms with E-state index in [-0.39, 0.29) is 12.1 Å². The van der Waals surface area contributed by atoms with Crippen molar-refractivity contribution in [2.75, 3.05) is 0 Å². The summed E-state index contributed by atoms with van der Waals surface area (Å²) in [5.41, 5.74) is 7.02. The van der Waals surface area contributed by atoms with Crippen LogP contribution in [-0.2, 0) is 0 Å². The molecular formula is C15H14BrCl2NO. The highest BCUT2D eigenvalue weighted by Crippen LogP contribution is 2.35. The Labute approximate surface area is 137 Å². The average Bonchev–Trinajstić information content (AvgIpc) is 2.40. The molecule has 2 nitrogen and oxygen atoms in total. The van der Waals surface area contributed by atoms with E-state index in [2.05, 4.69) is 15.9 Å². The molecule has 2 N–H and O–H groups in total. The van der Waals surface area contributed by atoms with Crippen LogP contribution >= 0.6 is 39.1 Å². The van der Waals surface area contributed by atoms with Gasteiger partial charge in [-0.2, -0.15) is 0 Å². The van der Waals surface area contributed by atoms with Gasteiger partial charge in [-0.3, -0.25) is 0 Å². The lowest BCUT2D eigenvalue weighted by Crippen LogP contribution is -2.29. The Hall–Kier alpha value is -0.740. The number of hydrogen-bond acceptors (Lipinski definition) is 2. The molecule has 0 bridgehead atoms. The molecule has 0 amide bonds. The number of hydrogen-bond donors (Lipinski definition) is 1. The van der Waals surface area contributed by atoms with Crippen molar-refractivity contribution >= 4 is 39.1 Å². The summed E-state index contributed by atoms with van der Waals surface area (Å²) < 4.78 is 6.94. The van der Waals surface area contributed by atoms with E-state index in [9.17, 15) is 0 Å². The van der Waals surface area contributed by atoms with Crippen molar-refractivity contribution in [3.05, 3.63) is 62.5 Å². The standard InChI is InChI=1S/C15H14BrCl2NO/c1-9(19)15(10-4-2-5-11(16)8-10)20-13-7-3-6-12(17)14(13)18/h2-9,15H,19H2,1H3. The lowest BCUT2D eigenvalue weighted by Gasteiger charge is -2.24. The summed E-state index contributed by atoms with van der Waals surface area (Å²) in [5, 5.41) is 0.858. The molecule has 0 aromatic heterocycles. The molecule has 0 radical (unpaired) electrons. The molecule has 2 aromatic rings. The van der Waals surface area contributed by atoms with Crippen molar-refractivity contribution < 1.29 is 4.74 Å².